The maximum absolute atomic E-state index is 5.50. The Bertz CT molecular complexity index is 272. The highest BCUT2D eigenvalue weighted by Crippen LogP contribution is 2.12. The largest absolute Gasteiger partial charge is 0.330 e. The molecule has 0 aliphatic heterocycles. The molecule has 0 aliphatic carbocycles. The van der Waals surface area contributed by atoms with Crippen LogP contribution < -0.4 is 11.1 Å². The molecule has 0 heterocycles. The number of nitrogens with zero attached hydrogens (tertiary/aromatic N) is 1. The minimum Gasteiger partial charge on any atom is -0.330 e. The van der Waals surface area contributed by atoms with E-state index in [2.05, 4.69) is 54.6 Å². The van der Waals surface area contributed by atoms with Crippen molar-refractivity contribution in [3.63, 3.8) is 0 Å². The molecule has 1 aromatic carbocycles. The number of nitrogens with two attached hydrogens (primary N) is 1. The molecule has 0 bridgehead atoms. The summed E-state index contributed by atoms with van der Waals surface area (Å²) in [6.45, 7) is 2.73. The molecule has 0 radical (unpaired) electrons. The summed E-state index contributed by atoms with van der Waals surface area (Å²) in [7, 11) is 4.20. The summed E-state index contributed by atoms with van der Waals surface area (Å²) < 4.78 is 0. The number of nitrogens with one attached hydrogen (secondary N) is 1. The third kappa shape index (κ3) is 4.75. The first-order chi connectivity index (χ1) is 7.74. The summed E-state index contributed by atoms with van der Waals surface area (Å²) in [6.07, 6.45) is 1.02. The van der Waals surface area contributed by atoms with Gasteiger partial charge >= 0.3 is 0 Å². The van der Waals surface area contributed by atoms with Crippen LogP contribution in [0.25, 0.3) is 0 Å². The lowest BCUT2D eigenvalue weighted by atomic mass is 10.1. The van der Waals surface area contributed by atoms with Crippen molar-refractivity contribution in [1.29, 1.82) is 0 Å². The minimum atomic E-state index is 0.391. The summed E-state index contributed by atoms with van der Waals surface area (Å²) in [5.74, 6) is 0. The Morgan fingerprint density at radius 3 is 2.50 bits per heavy atom. The van der Waals surface area contributed by atoms with E-state index in [4.69, 9.17) is 5.73 Å². The topological polar surface area (TPSA) is 41.3 Å². The lowest BCUT2D eigenvalue weighted by Crippen LogP contribution is -2.32. The molecule has 0 spiro atoms. The Labute approximate surface area is 98.6 Å². The zero-order chi connectivity index (χ0) is 11.8. The van der Waals surface area contributed by atoms with Crippen molar-refractivity contribution in [3.05, 3.63) is 35.9 Å². The molecule has 0 amide bonds. The highest BCUT2D eigenvalue weighted by atomic mass is 15.1. The average molecular weight is 221 g/mol. The van der Waals surface area contributed by atoms with Crippen LogP contribution in [0.15, 0.2) is 30.3 Å². The highest BCUT2D eigenvalue weighted by Gasteiger charge is 2.10. The summed E-state index contributed by atoms with van der Waals surface area (Å²) in [5, 5.41) is 3.55. The number of rotatable bonds is 7. The van der Waals surface area contributed by atoms with E-state index >= 15 is 0 Å². The molecule has 1 unspecified atom stereocenters. The van der Waals surface area contributed by atoms with Gasteiger partial charge in [0, 0.05) is 12.6 Å². The Balaban J connectivity index is 2.56. The van der Waals surface area contributed by atoms with Crippen LogP contribution in [0.4, 0.5) is 0 Å². The second kappa shape index (κ2) is 7.39. The van der Waals surface area contributed by atoms with Gasteiger partial charge in [0.1, 0.15) is 0 Å². The zero-order valence-corrected chi connectivity index (χ0v) is 10.3. The molecule has 1 atom stereocenters. The summed E-state index contributed by atoms with van der Waals surface area (Å²) in [5.41, 5.74) is 6.85. The van der Waals surface area contributed by atoms with E-state index in [1.807, 2.05) is 0 Å². The lowest BCUT2D eigenvalue weighted by molar-refractivity contribution is 0.341. The molecule has 16 heavy (non-hydrogen) atoms. The van der Waals surface area contributed by atoms with Crippen LogP contribution in [0.3, 0.4) is 0 Å². The minimum absolute atomic E-state index is 0.391. The SMILES string of the molecule is CN(C)CC(NCCCN)c1ccccc1. The van der Waals surface area contributed by atoms with Gasteiger partial charge in [0.05, 0.1) is 0 Å². The second-order valence-electron chi connectivity index (χ2n) is 4.32. The number of likely N-dealkylation sites (N-methyl/N-ethyl adjacent to an activating group) is 1. The van der Waals surface area contributed by atoms with Crippen LogP contribution in [-0.2, 0) is 0 Å². The van der Waals surface area contributed by atoms with E-state index in [-0.39, 0.29) is 0 Å². The standard InChI is InChI=1S/C13H23N3/c1-16(2)11-13(15-10-6-9-14)12-7-4-3-5-8-12/h3-5,7-8,13,15H,6,9-11,14H2,1-2H3. The maximum atomic E-state index is 5.50. The molecule has 3 heteroatoms. The Morgan fingerprint density at radius 1 is 1.25 bits per heavy atom. The van der Waals surface area contributed by atoms with E-state index < -0.39 is 0 Å². The predicted octanol–water partition coefficient (Wildman–Crippen LogP) is 1.23. The molecule has 3 N–H and O–H groups in total. The molecular formula is C13H23N3. The van der Waals surface area contributed by atoms with Gasteiger partial charge in [-0.3, -0.25) is 0 Å². The summed E-state index contributed by atoms with van der Waals surface area (Å²) in [6, 6.07) is 11.0. The van der Waals surface area contributed by atoms with Gasteiger partial charge < -0.3 is 16.0 Å². The van der Waals surface area contributed by atoms with Gasteiger partial charge in [0.2, 0.25) is 0 Å². The van der Waals surface area contributed by atoms with Gasteiger partial charge in [-0.2, -0.15) is 0 Å². The molecule has 90 valence electrons. The first-order valence-electron chi connectivity index (χ1n) is 5.87. The van der Waals surface area contributed by atoms with Gasteiger partial charge in [-0.25, -0.2) is 0 Å². The molecular weight excluding hydrogens is 198 g/mol. The first kappa shape index (κ1) is 13.2. The fourth-order valence-corrected chi connectivity index (χ4v) is 1.72. The fraction of sp³-hybridized carbons (Fsp3) is 0.538. The first-order valence-corrected chi connectivity index (χ1v) is 5.87. The summed E-state index contributed by atoms with van der Waals surface area (Å²) in [4.78, 5) is 2.20. The van der Waals surface area contributed by atoms with Crippen molar-refractivity contribution >= 4 is 0 Å². The molecule has 1 aromatic rings. The number of benzene rings is 1. The van der Waals surface area contributed by atoms with Crippen LogP contribution in [0.1, 0.15) is 18.0 Å². The lowest BCUT2D eigenvalue weighted by Gasteiger charge is -2.22. The van der Waals surface area contributed by atoms with Crippen molar-refractivity contribution in [2.75, 3.05) is 33.7 Å². The van der Waals surface area contributed by atoms with Gasteiger partial charge in [-0.1, -0.05) is 30.3 Å². The third-order valence-electron chi connectivity index (χ3n) is 2.52. The number of hydrogen-bond acceptors (Lipinski definition) is 3. The smallest absolute Gasteiger partial charge is 0.0449 e. The molecule has 3 nitrogen and oxygen atoms in total. The third-order valence-corrected chi connectivity index (χ3v) is 2.52. The van der Waals surface area contributed by atoms with Crippen molar-refractivity contribution in [3.8, 4) is 0 Å². The highest BCUT2D eigenvalue weighted by molar-refractivity contribution is 5.19. The van der Waals surface area contributed by atoms with E-state index in [0.717, 1.165) is 26.1 Å². The van der Waals surface area contributed by atoms with E-state index in [0.29, 0.717) is 6.04 Å². The normalized spacial score (nSPS) is 13.0. The molecule has 1 rings (SSSR count). The average Bonchev–Trinajstić information content (AvgIpc) is 2.29. The quantitative estimate of drug-likeness (QED) is 0.680. The van der Waals surface area contributed by atoms with Crippen LogP contribution in [-0.4, -0.2) is 38.6 Å². The Hall–Kier alpha value is -0.900. The van der Waals surface area contributed by atoms with E-state index in [1.54, 1.807) is 0 Å². The molecule has 0 fully saturated rings. The predicted molar refractivity (Wildman–Crippen MR) is 69.4 cm³/mol. The van der Waals surface area contributed by atoms with Crippen LogP contribution >= 0.6 is 0 Å². The van der Waals surface area contributed by atoms with Gasteiger partial charge in [0.15, 0.2) is 0 Å². The molecule has 0 aliphatic rings. The number of hydrogen-bond donors (Lipinski definition) is 2. The molecule has 0 saturated heterocycles. The van der Waals surface area contributed by atoms with Crippen molar-refractivity contribution < 1.29 is 0 Å². The van der Waals surface area contributed by atoms with Crippen LogP contribution in [0, 0.1) is 0 Å². The molecule has 0 saturated carbocycles. The summed E-state index contributed by atoms with van der Waals surface area (Å²) >= 11 is 0. The van der Waals surface area contributed by atoms with Crippen molar-refractivity contribution in [2.24, 2.45) is 5.73 Å². The van der Waals surface area contributed by atoms with Crippen molar-refractivity contribution in [2.45, 2.75) is 12.5 Å². The van der Waals surface area contributed by atoms with E-state index in [1.165, 1.54) is 5.56 Å². The van der Waals surface area contributed by atoms with Crippen LogP contribution in [0.2, 0.25) is 0 Å². The van der Waals surface area contributed by atoms with Crippen LogP contribution in [0.5, 0.6) is 0 Å². The van der Waals surface area contributed by atoms with Gasteiger partial charge in [-0.15, -0.1) is 0 Å². The fourth-order valence-electron chi connectivity index (χ4n) is 1.72. The van der Waals surface area contributed by atoms with Gasteiger partial charge in [0.25, 0.3) is 0 Å². The zero-order valence-electron chi connectivity index (χ0n) is 10.3. The van der Waals surface area contributed by atoms with Gasteiger partial charge in [-0.05, 0) is 39.2 Å². The Kier molecular flexibility index (Phi) is 6.08. The second-order valence-corrected chi connectivity index (χ2v) is 4.32. The van der Waals surface area contributed by atoms with E-state index in [9.17, 15) is 0 Å². The Morgan fingerprint density at radius 2 is 1.94 bits per heavy atom. The maximum Gasteiger partial charge on any atom is 0.0449 e. The monoisotopic (exact) mass is 221 g/mol. The molecule has 0 aromatic heterocycles. The van der Waals surface area contributed by atoms with Crippen molar-refractivity contribution in [1.82, 2.24) is 10.2 Å².